The summed E-state index contributed by atoms with van der Waals surface area (Å²) in [4.78, 5) is 12.4. The van der Waals surface area contributed by atoms with Crippen molar-refractivity contribution in [3.05, 3.63) is 59.9 Å². The van der Waals surface area contributed by atoms with Gasteiger partial charge in [-0.15, -0.1) is 10.2 Å². The number of carbonyl (C=O) groups excluding carboxylic acids is 1. The molecular formula is C17H13N5O2. The van der Waals surface area contributed by atoms with E-state index in [1.165, 1.54) is 0 Å². The number of aryl methyl sites for hydroxylation is 1. The number of nitrogens with zero attached hydrogens (tertiary/aromatic N) is 3. The second kappa shape index (κ2) is 5.62. The van der Waals surface area contributed by atoms with E-state index in [2.05, 4.69) is 25.9 Å². The first-order chi connectivity index (χ1) is 11.7. The lowest BCUT2D eigenvalue weighted by Gasteiger charge is -2.04. The maximum absolute atomic E-state index is 12.4. The molecule has 2 aromatic heterocycles. The fraction of sp³-hybridized carbons (Fsp3) is 0.0588. The zero-order valence-corrected chi connectivity index (χ0v) is 12.8. The fourth-order valence-electron chi connectivity index (χ4n) is 2.53. The van der Waals surface area contributed by atoms with Crippen LogP contribution in [0.1, 0.15) is 16.1 Å². The van der Waals surface area contributed by atoms with Crippen molar-refractivity contribution in [1.29, 1.82) is 0 Å². The number of anilines is 1. The van der Waals surface area contributed by atoms with Crippen LogP contribution in [-0.2, 0) is 0 Å². The predicted molar refractivity (Wildman–Crippen MR) is 88.5 cm³/mol. The van der Waals surface area contributed by atoms with Crippen molar-refractivity contribution in [2.24, 2.45) is 0 Å². The van der Waals surface area contributed by atoms with Gasteiger partial charge in [0, 0.05) is 16.6 Å². The van der Waals surface area contributed by atoms with Gasteiger partial charge in [-0.2, -0.15) is 5.21 Å². The van der Waals surface area contributed by atoms with Gasteiger partial charge in [-0.25, -0.2) is 0 Å². The molecule has 0 saturated heterocycles. The van der Waals surface area contributed by atoms with Crippen LogP contribution in [0, 0.1) is 6.92 Å². The predicted octanol–water partition coefficient (Wildman–Crippen LogP) is 3.17. The molecule has 0 aliphatic heterocycles. The number of hydrogen-bond donors (Lipinski definition) is 2. The summed E-state index contributed by atoms with van der Waals surface area (Å²) in [7, 11) is 0. The number of aromatic nitrogens is 4. The van der Waals surface area contributed by atoms with Gasteiger partial charge in [-0.05, 0) is 35.9 Å². The average Bonchev–Trinajstić information content (AvgIpc) is 3.25. The van der Waals surface area contributed by atoms with Gasteiger partial charge in [-0.3, -0.25) is 4.79 Å². The van der Waals surface area contributed by atoms with Crippen LogP contribution in [0.5, 0.6) is 0 Å². The molecule has 118 valence electrons. The van der Waals surface area contributed by atoms with Gasteiger partial charge in [0.25, 0.3) is 5.91 Å². The Morgan fingerprint density at radius 1 is 1.17 bits per heavy atom. The van der Waals surface area contributed by atoms with E-state index in [1.54, 1.807) is 18.2 Å². The Morgan fingerprint density at radius 3 is 2.83 bits per heavy atom. The van der Waals surface area contributed by atoms with Crippen molar-refractivity contribution in [3.8, 4) is 11.4 Å². The van der Waals surface area contributed by atoms with Crippen LogP contribution in [0.25, 0.3) is 22.4 Å². The van der Waals surface area contributed by atoms with Crippen molar-refractivity contribution in [1.82, 2.24) is 20.6 Å². The summed E-state index contributed by atoms with van der Waals surface area (Å²) in [6, 6.07) is 14.7. The first-order valence-electron chi connectivity index (χ1n) is 7.35. The average molecular weight is 319 g/mol. The van der Waals surface area contributed by atoms with Gasteiger partial charge in [0.2, 0.25) is 5.82 Å². The first kappa shape index (κ1) is 14.1. The van der Waals surface area contributed by atoms with E-state index < -0.39 is 0 Å². The molecular weight excluding hydrogens is 306 g/mol. The second-order valence-electron chi connectivity index (χ2n) is 5.37. The molecule has 7 heteroatoms. The summed E-state index contributed by atoms with van der Waals surface area (Å²) in [5.74, 6) is 0.422. The summed E-state index contributed by atoms with van der Waals surface area (Å²) in [5, 5.41) is 17.5. The monoisotopic (exact) mass is 319 g/mol. The lowest BCUT2D eigenvalue weighted by molar-refractivity contribution is 0.0998. The topological polar surface area (TPSA) is 96.7 Å². The van der Waals surface area contributed by atoms with E-state index >= 15 is 0 Å². The van der Waals surface area contributed by atoms with Crippen LogP contribution < -0.4 is 5.32 Å². The van der Waals surface area contributed by atoms with Gasteiger partial charge >= 0.3 is 0 Å². The molecule has 0 bridgehead atoms. The number of para-hydroxylation sites is 1. The molecule has 4 rings (SSSR count). The highest BCUT2D eigenvalue weighted by Crippen LogP contribution is 2.24. The Morgan fingerprint density at radius 2 is 2.04 bits per heavy atom. The number of tetrazole rings is 1. The van der Waals surface area contributed by atoms with Gasteiger partial charge in [0.05, 0.1) is 0 Å². The highest BCUT2D eigenvalue weighted by molar-refractivity contribution is 6.05. The molecule has 4 aromatic rings. The zero-order chi connectivity index (χ0) is 16.5. The van der Waals surface area contributed by atoms with E-state index in [-0.39, 0.29) is 11.7 Å². The smallest absolute Gasteiger partial charge is 0.291 e. The molecule has 7 nitrogen and oxygen atoms in total. The summed E-state index contributed by atoms with van der Waals surface area (Å²) < 4.78 is 5.68. The van der Waals surface area contributed by atoms with E-state index in [9.17, 15) is 4.79 Å². The molecule has 2 N–H and O–H groups in total. The number of H-pyrrole nitrogens is 1. The molecule has 0 radical (unpaired) electrons. The Labute approximate surface area is 136 Å². The molecule has 0 atom stereocenters. The number of rotatable bonds is 3. The zero-order valence-electron chi connectivity index (χ0n) is 12.8. The molecule has 0 saturated carbocycles. The Kier molecular flexibility index (Phi) is 3.31. The summed E-state index contributed by atoms with van der Waals surface area (Å²) in [6.07, 6.45) is 0. The number of carbonyl (C=O) groups is 1. The number of furan rings is 1. The number of benzene rings is 2. The number of aromatic amines is 1. The Bertz CT molecular complexity index is 1020. The molecule has 0 spiro atoms. The Balaban J connectivity index is 1.61. The lowest BCUT2D eigenvalue weighted by Crippen LogP contribution is -2.10. The van der Waals surface area contributed by atoms with E-state index in [1.807, 2.05) is 37.3 Å². The standard InChI is InChI=1S/C17H13N5O2/c1-10-4-2-5-11-9-14(24-15(10)11)17(23)18-13-7-3-6-12(8-13)16-19-21-22-20-16/h2-9H,1H3,(H,18,23)(H,19,20,21,22). The molecule has 2 aromatic carbocycles. The molecule has 24 heavy (non-hydrogen) atoms. The highest BCUT2D eigenvalue weighted by Gasteiger charge is 2.14. The van der Waals surface area contributed by atoms with E-state index in [4.69, 9.17) is 4.42 Å². The van der Waals surface area contributed by atoms with Gasteiger partial charge < -0.3 is 9.73 Å². The summed E-state index contributed by atoms with van der Waals surface area (Å²) in [6.45, 7) is 1.95. The van der Waals surface area contributed by atoms with Crippen molar-refractivity contribution in [2.75, 3.05) is 5.32 Å². The third-order valence-corrected chi connectivity index (χ3v) is 3.69. The normalized spacial score (nSPS) is 10.9. The first-order valence-corrected chi connectivity index (χ1v) is 7.35. The molecule has 0 unspecified atom stereocenters. The number of hydrogen-bond acceptors (Lipinski definition) is 5. The van der Waals surface area contributed by atoms with Gasteiger partial charge in [0.15, 0.2) is 5.76 Å². The largest absolute Gasteiger partial charge is 0.451 e. The molecule has 1 amide bonds. The number of fused-ring (bicyclic) bond motifs is 1. The Hall–Kier alpha value is -3.48. The second-order valence-corrected chi connectivity index (χ2v) is 5.37. The SMILES string of the molecule is Cc1cccc2cc(C(=O)Nc3cccc(-c4nn[nH]n4)c3)oc12. The third-order valence-electron chi connectivity index (χ3n) is 3.69. The summed E-state index contributed by atoms with van der Waals surface area (Å²) >= 11 is 0. The maximum atomic E-state index is 12.4. The van der Waals surface area contributed by atoms with Crippen molar-refractivity contribution < 1.29 is 9.21 Å². The summed E-state index contributed by atoms with van der Waals surface area (Å²) in [5.41, 5.74) is 3.09. The maximum Gasteiger partial charge on any atom is 0.291 e. The third kappa shape index (κ3) is 2.52. The molecule has 0 fully saturated rings. The van der Waals surface area contributed by atoms with Crippen LogP contribution >= 0.6 is 0 Å². The molecule has 0 aliphatic rings. The van der Waals surface area contributed by atoms with Crippen LogP contribution in [0.3, 0.4) is 0 Å². The number of amides is 1. The van der Waals surface area contributed by atoms with E-state index in [0.29, 0.717) is 11.5 Å². The molecule has 0 aliphatic carbocycles. The van der Waals surface area contributed by atoms with Crippen molar-refractivity contribution in [3.63, 3.8) is 0 Å². The van der Waals surface area contributed by atoms with Gasteiger partial charge in [0.1, 0.15) is 5.58 Å². The highest BCUT2D eigenvalue weighted by atomic mass is 16.3. The van der Waals surface area contributed by atoms with Gasteiger partial charge in [-0.1, -0.05) is 30.3 Å². The number of nitrogens with one attached hydrogen (secondary N) is 2. The minimum absolute atomic E-state index is 0.268. The van der Waals surface area contributed by atoms with Crippen molar-refractivity contribution in [2.45, 2.75) is 6.92 Å². The van der Waals surface area contributed by atoms with Crippen molar-refractivity contribution >= 4 is 22.6 Å². The van der Waals surface area contributed by atoms with E-state index in [0.717, 1.165) is 22.1 Å². The molecule has 2 heterocycles. The van der Waals surface area contributed by atoms with Crippen LogP contribution in [0.2, 0.25) is 0 Å². The lowest BCUT2D eigenvalue weighted by atomic mass is 10.2. The van der Waals surface area contributed by atoms with Crippen LogP contribution in [0.15, 0.2) is 52.9 Å². The van der Waals surface area contributed by atoms with Crippen LogP contribution in [-0.4, -0.2) is 26.5 Å². The van der Waals surface area contributed by atoms with Crippen LogP contribution in [0.4, 0.5) is 5.69 Å². The minimum atomic E-state index is -0.309. The fourth-order valence-corrected chi connectivity index (χ4v) is 2.53. The minimum Gasteiger partial charge on any atom is -0.451 e. The quantitative estimate of drug-likeness (QED) is 0.604.